The molecule has 0 aliphatic carbocycles. The Labute approximate surface area is 122 Å². The number of nitrogens with zero attached hydrogens (tertiary/aromatic N) is 1. The van der Waals surface area contributed by atoms with Crippen molar-refractivity contribution in [3.05, 3.63) is 33.3 Å². The molecule has 1 rings (SSSR count). The van der Waals surface area contributed by atoms with Gasteiger partial charge in [0.2, 0.25) is 0 Å². The Morgan fingerprint density at radius 3 is 2.59 bits per heavy atom. The minimum Gasteiger partial charge on any atom is -0.297 e. The highest BCUT2D eigenvalue weighted by molar-refractivity contribution is 9.10. The van der Waals surface area contributed by atoms with Gasteiger partial charge < -0.3 is 0 Å². The van der Waals surface area contributed by atoms with E-state index in [2.05, 4.69) is 40.7 Å². The molecule has 0 spiro atoms. The Kier molecular flexibility index (Phi) is 6.86. The van der Waals surface area contributed by atoms with Crippen molar-refractivity contribution in [2.24, 2.45) is 0 Å². The summed E-state index contributed by atoms with van der Waals surface area (Å²) in [6.45, 7) is 6.27. The van der Waals surface area contributed by atoms with Crippen LogP contribution < -0.4 is 0 Å². The van der Waals surface area contributed by atoms with Crippen LogP contribution in [0.3, 0.4) is 0 Å². The summed E-state index contributed by atoms with van der Waals surface area (Å²) in [5.41, 5.74) is 1.16. The van der Waals surface area contributed by atoms with Gasteiger partial charge in [0.05, 0.1) is 0 Å². The molecule has 1 aromatic carbocycles. The molecule has 0 N–H and O–H groups in total. The number of rotatable bonds is 6. The van der Waals surface area contributed by atoms with Crippen molar-refractivity contribution in [1.82, 2.24) is 4.90 Å². The van der Waals surface area contributed by atoms with Crippen LogP contribution in [0.4, 0.5) is 0 Å². The van der Waals surface area contributed by atoms with Gasteiger partial charge in [-0.3, -0.25) is 4.90 Å². The molecule has 0 fully saturated rings. The van der Waals surface area contributed by atoms with Crippen molar-refractivity contribution in [1.29, 1.82) is 0 Å². The van der Waals surface area contributed by atoms with Crippen molar-refractivity contribution in [3.8, 4) is 0 Å². The van der Waals surface area contributed by atoms with Gasteiger partial charge in [0.1, 0.15) is 0 Å². The second-order valence-electron chi connectivity index (χ2n) is 4.34. The first kappa shape index (κ1) is 15.3. The summed E-state index contributed by atoms with van der Waals surface area (Å²) in [5, 5.41) is 0.816. The highest BCUT2D eigenvalue weighted by atomic mass is 79.9. The van der Waals surface area contributed by atoms with Crippen molar-refractivity contribution < 1.29 is 0 Å². The second-order valence-corrected chi connectivity index (χ2v) is 6.04. The first-order valence-electron chi connectivity index (χ1n) is 5.78. The largest absolute Gasteiger partial charge is 0.297 e. The average Bonchev–Trinajstić information content (AvgIpc) is 2.26. The summed E-state index contributed by atoms with van der Waals surface area (Å²) in [4.78, 5) is 2.39. The zero-order valence-corrected chi connectivity index (χ0v) is 13.3. The minimum atomic E-state index is 0.498. The molecular weight excluding hydrogens is 321 g/mol. The van der Waals surface area contributed by atoms with E-state index in [9.17, 15) is 0 Å². The SMILES string of the molecule is CC(C)N(CCCCl)Cc1ccc(Br)cc1Cl. The van der Waals surface area contributed by atoms with E-state index in [1.165, 1.54) is 0 Å². The summed E-state index contributed by atoms with van der Waals surface area (Å²) in [6.07, 6.45) is 1.01. The van der Waals surface area contributed by atoms with E-state index in [1.54, 1.807) is 0 Å². The molecule has 1 nitrogen and oxygen atoms in total. The maximum Gasteiger partial charge on any atom is 0.0462 e. The zero-order chi connectivity index (χ0) is 12.8. The summed E-state index contributed by atoms with van der Waals surface area (Å²) in [5.74, 6) is 0.706. The Morgan fingerprint density at radius 1 is 1.35 bits per heavy atom. The smallest absolute Gasteiger partial charge is 0.0462 e. The van der Waals surface area contributed by atoms with E-state index >= 15 is 0 Å². The molecule has 0 atom stereocenters. The van der Waals surface area contributed by atoms with Crippen molar-refractivity contribution in [3.63, 3.8) is 0 Å². The van der Waals surface area contributed by atoms with Crippen molar-refractivity contribution >= 4 is 39.1 Å². The monoisotopic (exact) mass is 337 g/mol. The highest BCUT2D eigenvalue weighted by Gasteiger charge is 2.11. The molecule has 0 aliphatic rings. The normalized spacial score (nSPS) is 11.5. The zero-order valence-electron chi connectivity index (χ0n) is 10.2. The Hall–Kier alpha value is 0.240. The van der Waals surface area contributed by atoms with Crippen LogP contribution in [0, 0.1) is 0 Å². The Bertz CT molecular complexity index is 355. The van der Waals surface area contributed by atoms with Crippen LogP contribution in [0.1, 0.15) is 25.8 Å². The number of alkyl halides is 1. The molecule has 96 valence electrons. The molecule has 4 heteroatoms. The molecule has 1 aromatic rings. The van der Waals surface area contributed by atoms with E-state index < -0.39 is 0 Å². The van der Waals surface area contributed by atoms with Crippen LogP contribution in [0.5, 0.6) is 0 Å². The summed E-state index contributed by atoms with van der Waals surface area (Å²) in [6, 6.07) is 6.54. The molecule has 0 radical (unpaired) electrons. The van der Waals surface area contributed by atoms with Gasteiger partial charge in [-0.25, -0.2) is 0 Å². The Morgan fingerprint density at radius 2 is 2.06 bits per heavy atom. The maximum absolute atomic E-state index is 6.23. The molecule has 17 heavy (non-hydrogen) atoms. The summed E-state index contributed by atoms with van der Waals surface area (Å²) in [7, 11) is 0. The molecule has 0 aliphatic heterocycles. The number of hydrogen-bond donors (Lipinski definition) is 0. The van der Waals surface area contributed by atoms with Crippen LogP contribution in [0.15, 0.2) is 22.7 Å². The number of halogens is 3. The van der Waals surface area contributed by atoms with Gasteiger partial charge in [0, 0.05) is 28.0 Å². The first-order valence-corrected chi connectivity index (χ1v) is 7.49. The van der Waals surface area contributed by atoms with E-state index in [1.807, 2.05) is 12.1 Å². The van der Waals surface area contributed by atoms with Gasteiger partial charge in [0.15, 0.2) is 0 Å². The highest BCUT2D eigenvalue weighted by Crippen LogP contribution is 2.23. The van der Waals surface area contributed by atoms with Crippen LogP contribution in [0.25, 0.3) is 0 Å². The predicted molar refractivity (Wildman–Crippen MR) is 80.0 cm³/mol. The third-order valence-corrected chi connectivity index (χ3v) is 3.81. The van der Waals surface area contributed by atoms with Crippen molar-refractivity contribution in [2.45, 2.75) is 32.9 Å². The third-order valence-electron chi connectivity index (χ3n) is 2.70. The lowest BCUT2D eigenvalue weighted by Crippen LogP contribution is -2.31. The lowest BCUT2D eigenvalue weighted by molar-refractivity contribution is 0.214. The molecular formula is C13H18BrCl2N. The minimum absolute atomic E-state index is 0.498. The number of hydrogen-bond acceptors (Lipinski definition) is 1. The van der Waals surface area contributed by atoms with E-state index in [0.717, 1.165) is 34.6 Å². The van der Waals surface area contributed by atoms with Gasteiger partial charge in [0.25, 0.3) is 0 Å². The third kappa shape index (κ3) is 5.17. The van der Waals surface area contributed by atoms with E-state index in [-0.39, 0.29) is 0 Å². The molecule has 0 amide bonds. The van der Waals surface area contributed by atoms with E-state index in [0.29, 0.717) is 11.9 Å². The van der Waals surface area contributed by atoms with Gasteiger partial charge in [-0.05, 0) is 44.5 Å². The summed E-state index contributed by atoms with van der Waals surface area (Å²) < 4.78 is 1.02. The van der Waals surface area contributed by atoms with Gasteiger partial charge >= 0.3 is 0 Å². The van der Waals surface area contributed by atoms with Gasteiger partial charge in [-0.1, -0.05) is 33.6 Å². The topological polar surface area (TPSA) is 3.24 Å². The lowest BCUT2D eigenvalue weighted by atomic mass is 10.2. The fourth-order valence-electron chi connectivity index (χ4n) is 1.65. The molecule has 0 saturated heterocycles. The second kappa shape index (κ2) is 7.63. The fraction of sp³-hybridized carbons (Fsp3) is 0.538. The number of benzene rings is 1. The van der Waals surface area contributed by atoms with Crippen LogP contribution in [-0.2, 0) is 6.54 Å². The van der Waals surface area contributed by atoms with Crippen molar-refractivity contribution in [2.75, 3.05) is 12.4 Å². The standard InChI is InChI=1S/C13H18BrCl2N/c1-10(2)17(7-3-6-15)9-11-4-5-12(14)8-13(11)16/h4-5,8,10H,3,6-7,9H2,1-2H3. The summed E-state index contributed by atoms with van der Waals surface area (Å²) >= 11 is 15.4. The van der Waals surface area contributed by atoms with Crippen LogP contribution in [-0.4, -0.2) is 23.4 Å². The quantitative estimate of drug-likeness (QED) is 0.664. The fourth-order valence-corrected chi connectivity index (χ4v) is 2.50. The van der Waals surface area contributed by atoms with Crippen LogP contribution in [0.2, 0.25) is 5.02 Å². The first-order chi connectivity index (χ1) is 8.04. The molecule has 0 saturated carbocycles. The van der Waals surface area contributed by atoms with Gasteiger partial charge in [-0.2, -0.15) is 0 Å². The molecule has 0 heterocycles. The Balaban J connectivity index is 2.71. The molecule has 0 bridgehead atoms. The van der Waals surface area contributed by atoms with Gasteiger partial charge in [-0.15, -0.1) is 11.6 Å². The van der Waals surface area contributed by atoms with Crippen LogP contribution >= 0.6 is 39.1 Å². The molecule has 0 aromatic heterocycles. The van der Waals surface area contributed by atoms with E-state index in [4.69, 9.17) is 23.2 Å². The molecule has 0 unspecified atom stereocenters. The predicted octanol–water partition coefficient (Wildman–Crippen LogP) is 4.94. The average molecular weight is 339 g/mol. The maximum atomic E-state index is 6.23. The lowest BCUT2D eigenvalue weighted by Gasteiger charge is -2.26.